The molecule has 2 fully saturated rings. The molecule has 2 heterocycles. The summed E-state index contributed by atoms with van der Waals surface area (Å²) >= 11 is 0. The lowest BCUT2D eigenvalue weighted by Crippen LogP contribution is -2.56. The molecule has 0 spiro atoms. The molecule has 1 amide bonds. The van der Waals surface area contributed by atoms with Crippen LogP contribution in [0.25, 0.3) is 0 Å². The number of ether oxygens (including phenoxy) is 1. The molecule has 1 aromatic carbocycles. The molecule has 0 radical (unpaired) electrons. The second-order valence-electron chi connectivity index (χ2n) is 6.21. The first kappa shape index (κ1) is 15.3. The zero-order chi connectivity index (χ0) is 15.4. The topological polar surface area (TPSA) is 58.8 Å². The molecular formula is C17H25N3O2. The third kappa shape index (κ3) is 2.96. The summed E-state index contributed by atoms with van der Waals surface area (Å²) in [4.78, 5) is 17.3. The monoisotopic (exact) mass is 303 g/mol. The van der Waals surface area contributed by atoms with Crippen LogP contribution in [0.1, 0.15) is 12.8 Å². The molecule has 2 saturated heterocycles. The number of amides is 1. The fourth-order valence-electron chi connectivity index (χ4n) is 3.41. The number of nitrogens with two attached hydrogens (primary N) is 1. The third-order valence-electron chi connectivity index (χ3n) is 4.98. The minimum atomic E-state index is -0.396. The number of para-hydroxylation sites is 1. The Labute approximate surface area is 132 Å². The van der Waals surface area contributed by atoms with Crippen molar-refractivity contribution in [1.82, 2.24) is 4.90 Å². The fraction of sp³-hybridized carbons (Fsp3) is 0.588. The molecule has 120 valence electrons. The minimum absolute atomic E-state index is 0.228. The zero-order valence-corrected chi connectivity index (χ0v) is 13.0. The van der Waals surface area contributed by atoms with E-state index < -0.39 is 5.41 Å². The second kappa shape index (κ2) is 6.67. The highest BCUT2D eigenvalue weighted by Gasteiger charge is 2.42. The van der Waals surface area contributed by atoms with Crippen LogP contribution in [0.15, 0.2) is 30.3 Å². The molecule has 3 rings (SSSR count). The van der Waals surface area contributed by atoms with Gasteiger partial charge in [-0.25, -0.2) is 0 Å². The van der Waals surface area contributed by atoms with Crippen LogP contribution in [0.4, 0.5) is 5.69 Å². The van der Waals surface area contributed by atoms with Gasteiger partial charge < -0.3 is 20.3 Å². The van der Waals surface area contributed by atoms with Gasteiger partial charge in [-0.05, 0) is 25.0 Å². The number of nitrogens with zero attached hydrogens (tertiary/aromatic N) is 2. The molecule has 22 heavy (non-hydrogen) atoms. The van der Waals surface area contributed by atoms with Gasteiger partial charge in [0.1, 0.15) is 0 Å². The van der Waals surface area contributed by atoms with E-state index in [-0.39, 0.29) is 5.91 Å². The van der Waals surface area contributed by atoms with Crippen molar-refractivity contribution in [2.24, 2.45) is 11.1 Å². The first-order valence-corrected chi connectivity index (χ1v) is 8.12. The summed E-state index contributed by atoms with van der Waals surface area (Å²) in [5.74, 6) is 0.228. The predicted octanol–water partition coefficient (Wildman–Crippen LogP) is 1.09. The molecule has 2 aliphatic rings. The first-order valence-electron chi connectivity index (χ1n) is 8.12. The molecule has 0 unspecified atom stereocenters. The van der Waals surface area contributed by atoms with Gasteiger partial charge in [0.2, 0.25) is 5.91 Å². The number of carbonyl (C=O) groups excluding carboxylic acids is 1. The molecule has 0 saturated carbocycles. The van der Waals surface area contributed by atoms with Crippen molar-refractivity contribution in [2.45, 2.75) is 12.8 Å². The summed E-state index contributed by atoms with van der Waals surface area (Å²) in [6.07, 6.45) is 1.50. The molecule has 0 atom stereocenters. The first-order chi connectivity index (χ1) is 10.7. The third-order valence-corrected chi connectivity index (χ3v) is 4.98. The summed E-state index contributed by atoms with van der Waals surface area (Å²) < 4.78 is 5.40. The van der Waals surface area contributed by atoms with Gasteiger partial charge in [-0.3, -0.25) is 4.79 Å². The maximum absolute atomic E-state index is 12.9. The zero-order valence-electron chi connectivity index (χ0n) is 13.0. The lowest BCUT2D eigenvalue weighted by atomic mass is 9.78. The van der Waals surface area contributed by atoms with Crippen molar-refractivity contribution in [3.63, 3.8) is 0 Å². The molecule has 0 aromatic heterocycles. The van der Waals surface area contributed by atoms with Gasteiger partial charge in [0.15, 0.2) is 0 Å². The summed E-state index contributed by atoms with van der Waals surface area (Å²) in [6, 6.07) is 10.4. The maximum Gasteiger partial charge on any atom is 0.230 e. The van der Waals surface area contributed by atoms with Crippen LogP contribution in [0.2, 0.25) is 0 Å². The van der Waals surface area contributed by atoms with Gasteiger partial charge in [-0.1, -0.05) is 18.2 Å². The Bertz CT molecular complexity index is 492. The number of carbonyl (C=O) groups is 1. The van der Waals surface area contributed by atoms with Crippen molar-refractivity contribution in [1.29, 1.82) is 0 Å². The summed E-state index contributed by atoms with van der Waals surface area (Å²) in [6.45, 7) is 5.03. The lowest BCUT2D eigenvalue weighted by molar-refractivity contribution is -0.147. The Balaban J connectivity index is 1.62. The number of hydrogen-bond acceptors (Lipinski definition) is 4. The highest BCUT2D eigenvalue weighted by molar-refractivity contribution is 5.83. The summed E-state index contributed by atoms with van der Waals surface area (Å²) in [7, 11) is 0. The average molecular weight is 303 g/mol. The smallest absolute Gasteiger partial charge is 0.230 e. The average Bonchev–Trinajstić information content (AvgIpc) is 2.62. The maximum atomic E-state index is 12.9. The van der Waals surface area contributed by atoms with E-state index in [4.69, 9.17) is 10.5 Å². The second-order valence-corrected chi connectivity index (χ2v) is 6.21. The molecule has 1 aromatic rings. The Morgan fingerprint density at radius 1 is 1.09 bits per heavy atom. The van der Waals surface area contributed by atoms with Gasteiger partial charge >= 0.3 is 0 Å². The van der Waals surface area contributed by atoms with Crippen LogP contribution in [-0.2, 0) is 9.53 Å². The molecule has 5 nitrogen and oxygen atoms in total. The van der Waals surface area contributed by atoms with Crippen molar-refractivity contribution < 1.29 is 9.53 Å². The summed E-state index contributed by atoms with van der Waals surface area (Å²) in [5, 5.41) is 0. The number of piperazine rings is 1. The minimum Gasteiger partial charge on any atom is -0.381 e. The SMILES string of the molecule is NCC1(C(=O)N2CCN(c3ccccc3)CC2)CCOCC1. The van der Waals surface area contributed by atoms with E-state index >= 15 is 0 Å². The van der Waals surface area contributed by atoms with Crippen LogP contribution in [0.3, 0.4) is 0 Å². The quantitative estimate of drug-likeness (QED) is 0.908. The highest BCUT2D eigenvalue weighted by atomic mass is 16.5. The Kier molecular flexibility index (Phi) is 4.64. The van der Waals surface area contributed by atoms with Crippen molar-refractivity contribution in [3.05, 3.63) is 30.3 Å². The largest absolute Gasteiger partial charge is 0.381 e. The van der Waals surface area contributed by atoms with Crippen LogP contribution >= 0.6 is 0 Å². The molecule has 5 heteroatoms. The van der Waals surface area contributed by atoms with Gasteiger partial charge in [-0.2, -0.15) is 0 Å². The molecule has 2 N–H and O–H groups in total. The van der Waals surface area contributed by atoms with E-state index in [0.29, 0.717) is 19.8 Å². The predicted molar refractivity (Wildman–Crippen MR) is 86.8 cm³/mol. The number of rotatable bonds is 3. The van der Waals surface area contributed by atoms with Gasteiger partial charge in [0.05, 0.1) is 5.41 Å². The van der Waals surface area contributed by atoms with Crippen LogP contribution in [0, 0.1) is 5.41 Å². The van der Waals surface area contributed by atoms with Crippen molar-refractivity contribution in [3.8, 4) is 0 Å². The number of anilines is 1. The van der Waals surface area contributed by atoms with Crippen molar-refractivity contribution >= 4 is 11.6 Å². The van der Waals surface area contributed by atoms with Crippen molar-refractivity contribution in [2.75, 3.05) is 50.8 Å². The van der Waals surface area contributed by atoms with Gasteiger partial charge in [0, 0.05) is 51.6 Å². The van der Waals surface area contributed by atoms with E-state index in [1.807, 2.05) is 11.0 Å². The van der Waals surface area contributed by atoms with E-state index in [1.54, 1.807) is 0 Å². The van der Waals surface area contributed by atoms with E-state index in [2.05, 4.69) is 29.2 Å². The Morgan fingerprint density at radius 2 is 1.73 bits per heavy atom. The molecular weight excluding hydrogens is 278 g/mol. The summed E-state index contributed by atoms with van der Waals surface area (Å²) in [5.41, 5.74) is 6.79. The van der Waals surface area contributed by atoms with E-state index in [0.717, 1.165) is 39.0 Å². The highest BCUT2D eigenvalue weighted by Crippen LogP contribution is 2.32. The Morgan fingerprint density at radius 3 is 2.32 bits per heavy atom. The van der Waals surface area contributed by atoms with Crippen LogP contribution in [-0.4, -0.2) is 56.7 Å². The number of benzene rings is 1. The molecule has 0 bridgehead atoms. The number of hydrogen-bond donors (Lipinski definition) is 1. The molecule has 0 aliphatic carbocycles. The Hall–Kier alpha value is -1.59. The van der Waals surface area contributed by atoms with Crippen LogP contribution < -0.4 is 10.6 Å². The molecule has 2 aliphatic heterocycles. The van der Waals surface area contributed by atoms with Crippen LogP contribution in [0.5, 0.6) is 0 Å². The van der Waals surface area contributed by atoms with E-state index in [9.17, 15) is 4.79 Å². The van der Waals surface area contributed by atoms with Gasteiger partial charge in [-0.15, -0.1) is 0 Å². The standard InChI is InChI=1S/C17H25N3O2/c18-14-17(6-12-22-13-7-17)16(21)20-10-8-19(9-11-20)15-4-2-1-3-5-15/h1-5H,6-14,18H2. The normalized spacial score (nSPS) is 21.7. The van der Waals surface area contributed by atoms with Gasteiger partial charge in [0.25, 0.3) is 0 Å². The van der Waals surface area contributed by atoms with E-state index in [1.165, 1.54) is 5.69 Å². The lowest BCUT2D eigenvalue weighted by Gasteiger charge is -2.42. The fourth-order valence-corrected chi connectivity index (χ4v) is 3.41.